The fraction of sp³-hybridized carbons (Fsp3) is 0.929. The van der Waals surface area contributed by atoms with Crippen LogP contribution in [0.25, 0.3) is 0 Å². The molecule has 1 aliphatic heterocycles. The minimum Gasteiger partial charge on any atom is -0.762 e. The van der Waals surface area contributed by atoms with Gasteiger partial charge in [-0.2, -0.15) is 0 Å². The second kappa shape index (κ2) is 6.95. The standard InChI is InChI=1S/C14H26N3O3/c1-10-4-3-7-16(14(10)15)9-13(18)11-5-2-6-12(8-11)17(19)20/h10-12,14,19H,2-9,15H2,1H3/q-1. The summed E-state index contributed by atoms with van der Waals surface area (Å²) in [5, 5.41) is 20.0. The van der Waals surface area contributed by atoms with E-state index in [2.05, 4.69) is 11.8 Å². The van der Waals surface area contributed by atoms with Crippen molar-refractivity contribution in [2.45, 2.75) is 57.7 Å². The van der Waals surface area contributed by atoms with Crippen LogP contribution in [-0.4, -0.2) is 46.4 Å². The number of nitrogens with two attached hydrogens (primary N) is 1. The summed E-state index contributed by atoms with van der Waals surface area (Å²) < 4.78 is 0. The van der Waals surface area contributed by atoms with Crippen molar-refractivity contribution in [1.82, 2.24) is 10.1 Å². The number of rotatable bonds is 4. The molecule has 0 aromatic heterocycles. The summed E-state index contributed by atoms with van der Waals surface area (Å²) in [6.07, 6.45) is 4.94. The SMILES string of the molecule is CC1CCCN(CC(=O)C2CCCC(N([O-])O)C2)C1N. The topological polar surface area (TPSA) is 92.9 Å². The zero-order valence-corrected chi connectivity index (χ0v) is 12.2. The molecule has 1 saturated carbocycles. The monoisotopic (exact) mass is 284 g/mol. The Balaban J connectivity index is 1.87. The fourth-order valence-corrected chi connectivity index (χ4v) is 3.47. The lowest BCUT2D eigenvalue weighted by molar-refractivity contribution is -0.131. The van der Waals surface area contributed by atoms with Gasteiger partial charge in [0, 0.05) is 18.5 Å². The normalized spacial score (nSPS) is 36.2. The van der Waals surface area contributed by atoms with Gasteiger partial charge in [0.15, 0.2) is 0 Å². The van der Waals surface area contributed by atoms with Crippen LogP contribution in [0.4, 0.5) is 0 Å². The molecule has 0 bridgehead atoms. The molecule has 0 amide bonds. The van der Waals surface area contributed by atoms with Gasteiger partial charge in [-0.05, 0) is 38.0 Å². The zero-order chi connectivity index (χ0) is 14.7. The molecule has 0 radical (unpaired) electrons. The van der Waals surface area contributed by atoms with E-state index in [9.17, 15) is 10.0 Å². The molecule has 2 fully saturated rings. The van der Waals surface area contributed by atoms with Crippen molar-refractivity contribution in [3.05, 3.63) is 5.21 Å². The van der Waals surface area contributed by atoms with Crippen molar-refractivity contribution in [3.63, 3.8) is 0 Å². The van der Waals surface area contributed by atoms with Crippen LogP contribution >= 0.6 is 0 Å². The Kier molecular flexibility index (Phi) is 5.51. The van der Waals surface area contributed by atoms with Gasteiger partial charge in [-0.1, -0.05) is 13.3 Å². The highest BCUT2D eigenvalue weighted by Gasteiger charge is 2.31. The molecule has 20 heavy (non-hydrogen) atoms. The maximum atomic E-state index is 12.4. The highest BCUT2D eigenvalue weighted by molar-refractivity contribution is 5.83. The number of nitrogens with zero attached hydrogens (tertiary/aromatic N) is 2. The summed E-state index contributed by atoms with van der Waals surface area (Å²) >= 11 is 0. The summed E-state index contributed by atoms with van der Waals surface area (Å²) in [6, 6.07) is -0.424. The van der Waals surface area contributed by atoms with Gasteiger partial charge in [0.1, 0.15) is 5.78 Å². The van der Waals surface area contributed by atoms with Crippen LogP contribution in [0.1, 0.15) is 45.4 Å². The van der Waals surface area contributed by atoms with Gasteiger partial charge < -0.3 is 16.1 Å². The number of likely N-dealkylation sites (tertiary alicyclic amines) is 1. The average Bonchev–Trinajstić information content (AvgIpc) is 2.44. The third kappa shape index (κ3) is 3.77. The van der Waals surface area contributed by atoms with Crippen molar-refractivity contribution in [3.8, 4) is 0 Å². The summed E-state index contributed by atoms with van der Waals surface area (Å²) in [5.74, 6) is 0.480. The molecule has 0 aromatic rings. The summed E-state index contributed by atoms with van der Waals surface area (Å²) in [7, 11) is 0. The number of Topliss-reactive ketones (excluding diaryl/α,β-unsaturated/α-hetero) is 1. The molecule has 2 aliphatic rings. The molecular weight excluding hydrogens is 258 g/mol. The van der Waals surface area contributed by atoms with Gasteiger partial charge in [-0.3, -0.25) is 14.9 Å². The molecule has 6 nitrogen and oxygen atoms in total. The van der Waals surface area contributed by atoms with Gasteiger partial charge in [0.2, 0.25) is 0 Å². The Hall–Kier alpha value is -0.530. The quantitative estimate of drug-likeness (QED) is 0.756. The van der Waals surface area contributed by atoms with Gasteiger partial charge in [-0.15, -0.1) is 0 Å². The summed E-state index contributed by atoms with van der Waals surface area (Å²) in [6.45, 7) is 3.38. The van der Waals surface area contributed by atoms with Crippen molar-refractivity contribution >= 4 is 5.78 Å². The van der Waals surface area contributed by atoms with E-state index in [1.165, 1.54) is 0 Å². The van der Waals surface area contributed by atoms with Gasteiger partial charge >= 0.3 is 0 Å². The van der Waals surface area contributed by atoms with Crippen LogP contribution in [0.15, 0.2) is 0 Å². The highest BCUT2D eigenvalue weighted by atomic mass is 16.8. The van der Waals surface area contributed by atoms with Crippen LogP contribution in [0, 0.1) is 17.0 Å². The number of carbonyl (C=O) groups is 1. The average molecular weight is 284 g/mol. The van der Waals surface area contributed by atoms with E-state index in [0.717, 1.165) is 32.2 Å². The van der Waals surface area contributed by atoms with Crippen LogP contribution in [0.5, 0.6) is 0 Å². The van der Waals surface area contributed by atoms with Gasteiger partial charge in [0.05, 0.1) is 12.7 Å². The Bertz CT molecular complexity index is 338. The highest BCUT2D eigenvalue weighted by Crippen LogP contribution is 2.28. The van der Waals surface area contributed by atoms with Gasteiger partial charge in [-0.25, -0.2) is 0 Å². The van der Waals surface area contributed by atoms with E-state index in [0.29, 0.717) is 25.3 Å². The molecular formula is C14H26N3O3-. The molecule has 4 unspecified atom stereocenters. The molecule has 116 valence electrons. The predicted octanol–water partition coefficient (Wildman–Crippen LogP) is 1.32. The van der Waals surface area contributed by atoms with E-state index < -0.39 is 6.04 Å². The zero-order valence-electron chi connectivity index (χ0n) is 12.2. The lowest BCUT2D eigenvalue weighted by Gasteiger charge is -2.39. The number of piperidine rings is 1. The van der Waals surface area contributed by atoms with Crippen LogP contribution in [-0.2, 0) is 4.79 Å². The molecule has 6 heteroatoms. The molecule has 1 heterocycles. The first kappa shape index (κ1) is 15.9. The molecule has 2 rings (SSSR count). The first-order chi connectivity index (χ1) is 9.49. The molecule has 1 aliphatic carbocycles. The Morgan fingerprint density at radius 2 is 2.15 bits per heavy atom. The Labute approximate surface area is 120 Å². The number of carbonyl (C=O) groups excluding carboxylic acids is 1. The van der Waals surface area contributed by atoms with Crippen LogP contribution in [0.2, 0.25) is 0 Å². The fourth-order valence-electron chi connectivity index (χ4n) is 3.47. The second-order valence-corrected chi connectivity index (χ2v) is 6.37. The molecule has 1 saturated heterocycles. The summed E-state index contributed by atoms with van der Waals surface area (Å²) in [5.41, 5.74) is 6.15. The third-order valence-electron chi connectivity index (χ3n) is 4.88. The van der Waals surface area contributed by atoms with Crippen molar-refractivity contribution < 1.29 is 10.0 Å². The molecule has 3 N–H and O–H groups in total. The first-order valence-corrected chi connectivity index (χ1v) is 7.66. The van der Waals surface area contributed by atoms with Crippen molar-refractivity contribution in [2.75, 3.05) is 13.1 Å². The summed E-state index contributed by atoms with van der Waals surface area (Å²) in [4.78, 5) is 14.5. The maximum absolute atomic E-state index is 12.4. The van der Waals surface area contributed by atoms with E-state index in [1.807, 2.05) is 0 Å². The minimum atomic E-state index is -0.424. The van der Waals surface area contributed by atoms with E-state index in [4.69, 9.17) is 10.9 Å². The number of hydrogen-bond acceptors (Lipinski definition) is 6. The second-order valence-electron chi connectivity index (χ2n) is 6.37. The lowest BCUT2D eigenvalue weighted by Crippen LogP contribution is -2.52. The Morgan fingerprint density at radius 1 is 1.40 bits per heavy atom. The van der Waals surface area contributed by atoms with E-state index in [-0.39, 0.29) is 23.1 Å². The maximum Gasteiger partial charge on any atom is 0.150 e. The van der Waals surface area contributed by atoms with Gasteiger partial charge in [0.25, 0.3) is 0 Å². The van der Waals surface area contributed by atoms with Crippen molar-refractivity contribution in [1.29, 1.82) is 0 Å². The number of ketones is 1. The number of hydrogen-bond donors (Lipinski definition) is 2. The van der Waals surface area contributed by atoms with Crippen LogP contribution < -0.4 is 5.73 Å². The van der Waals surface area contributed by atoms with Crippen molar-refractivity contribution in [2.24, 2.45) is 17.6 Å². The Morgan fingerprint density at radius 3 is 2.85 bits per heavy atom. The third-order valence-corrected chi connectivity index (χ3v) is 4.88. The largest absolute Gasteiger partial charge is 0.762 e. The van der Waals surface area contributed by atoms with E-state index >= 15 is 0 Å². The number of hydroxylamine groups is 2. The van der Waals surface area contributed by atoms with E-state index in [1.54, 1.807) is 0 Å². The molecule has 4 atom stereocenters. The van der Waals surface area contributed by atoms with Crippen LogP contribution in [0.3, 0.4) is 0 Å². The lowest BCUT2D eigenvalue weighted by atomic mass is 9.83. The first-order valence-electron chi connectivity index (χ1n) is 7.66. The smallest absolute Gasteiger partial charge is 0.150 e. The molecule has 0 spiro atoms. The minimum absolute atomic E-state index is 0.0220. The predicted molar refractivity (Wildman–Crippen MR) is 75.7 cm³/mol. The molecule has 0 aromatic carbocycles.